The highest BCUT2D eigenvalue weighted by atomic mass is 15.2. The number of benzene rings is 9. The van der Waals surface area contributed by atoms with Crippen LogP contribution in [0, 0.1) is 0 Å². The summed E-state index contributed by atoms with van der Waals surface area (Å²) in [5.41, 5.74) is 20.8. The number of para-hydroxylation sites is 4. The minimum atomic E-state index is -0.0989. The van der Waals surface area contributed by atoms with Gasteiger partial charge in [0.1, 0.15) is 0 Å². The minimum absolute atomic E-state index is 0.0989. The van der Waals surface area contributed by atoms with E-state index < -0.39 is 0 Å². The molecule has 2 aromatic heterocycles. The van der Waals surface area contributed by atoms with E-state index in [-0.39, 0.29) is 10.8 Å². The normalized spacial score (nSPS) is 14.3. The molecule has 3 nitrogen and oxygen atoms in total. The third-order valence-electron chi connectivity index (χ3n) is 14.5. The van der Waals surface area contributed by atoms with E-state index in [0.29, 0.717) is 0 Å². The summed E-state index contributed by atoms with van der Waals surface area (Å²) < 4.78 is 4.93. The van der Waals surface area contributed by atoms with Crippen molar-refractivity contribution in [1.29, 1.82) is 0 Å². The van der Waals surface area contributed by atoms with Crippen molar-refractivity contribution in [3.8, 4) is 33.6 Å². The quantitative estimate of drug-likeness (QED) is 0.169. The number of fused-ring (bicyclic) bond motifs is 12. The molecule has 0 saturated heterocycles. The average molecular weight is 808 g/mol. The Hall–Kier alpha value is -7.62. The third-order valence-corrected chi connectivity index (χ3v) is 14.5. The zero-order chi connectivity index (χ0) is 42.2. The van der Waals surface area contributed by atoms with Crippen LogP contribution in [0.25, 0.3) is 77.2 Å². The topological polar surface area (TPSA) is 13.1 Å². The van der Waals surface area contributed by atoms with E-state index >= 15 is 0 Å². The summed E-state index contributed by atoms with van der Waals surface area (Å²) in [6, 6.07) is 74.8. The predicted octanol–water partition coefficient (Wildman–Crippen LogP) is 16.0. The van der Waals surface area contributed by atoms with Crippen LogP contribution >= 0.6 is 0 Å². The molecule has 0 bridgehead atoms. The van der Waals surface area contributed by atoms with E-state index in [1.807, 2.05) is 0 Å². The highest BCUT2D eigenvalue weighted by molar-refractivity contribution is 6.11. The second-order valence-corrected chi connectivity index (χ2v) is 18.6. The van der Waals surface area contributed by atoms with Crippen molar-refractivity contribution in [3.63, 3.8) is 0 Å². The lowest BCUT2D eigenvalue weighted by atomic mass is 9.82. The Morgan fingerprint density at radius 2 is 0.635 bits per heavy atom. The van der Waals surface area contributed by atoms with Gasteiger partial charge in [0.2, 0.25) is 0 Å². The first kappa shape index (κ1) is 36.1. The average Bonchev–Trinajstić information content (AvgIpc) is 3.98. The van der Waals surface area contributed by atoms with Crippen LogP contribution in [0.3, 0.4) is 0 Å². The van der Waals surface area contributed by atoms with Crippen LogP contribution in [0.2, 0.25) is 0 Å². The Bertz CT molecular complexity index is 3360. The molecule has 0 spiro atoms. The fourth-order valence-electron chi connectivity index (χ4n) is 11.5. The van der Waals surface area contributed by atoms with Crippen molar-refractivity contribution < 1.29 is 0 Å². The van der Waals surface area contributed by atoms with E-state index in [9.17, 15) is 0 Å². The lowest BCUT2D eigenvalue weighted by Crippen LogP contribution is -2.16. The van der Waals surface area contributed by atoms with Crippen LogP contribution in [0.5, 0.6) is 0 Å². The lowest BCUT2D eigenvalue weighted by molar-refractivity contribution is 0.660. The van der Waals surface area contributed by atoms with Crippen LogP contribution in [-0.2, 0) is 10.8 Å². The summed E-state index contributed by atoms with van der Waals surface area (Å²) in [7, 11) is 0. The summed E-state index contributed by atoms with van der Waals surface area (Å²) >= 11 is 0. The Labute approximate surface area is 367 Å². The molecule has 300 valence electrons. The van der Waals surface area contributed by atoms with Crippen molar-refractivity contribution in [3.05, 3.63) is 222 Å². The minimum Gasteiger partial charge on any atom is -0.310 e. The smallest absolute Gasteiger partial charge is 0.0541 e. The maximum atomic E-state index is 2.51. The Kier molecular flexibility index (Phi) is 7.42. The molecular formula is C60H45N3. The van der Waals surface area contributed by atoms with Gasteiger partial charge in [0.15, 0.2) is 0 Å². The second kappa shape index (κ2) is 13.0. The van der Waals surface area contributed by atoms with Crippen LogP contribution in [0.4, 0.5) is 17.1 Å². The van der Waals surface area contributed by atoms with Gasteiger partial charge in [-0.3, -0.25) is 0 Å². The molecule has 2 heterocycles. The number of rotatable bonds is 5. The van der Waals surface area contributed by atoms with Gasteiger partial charge in [-0.25, -0.2) is 0 Å². The fraction of sp³-hybridized carbons (Fsp3) is 0.100. The van der Waals surface area contributed by atoms with Crippen LogP contribution < -0.4 is 4.90 Å². The maximum Gasteiger partial charge on any atom is 0.0541 e. The van der Waals surface area contributed by atoms with E-state index in [4.69, 9.17) is 0 Å². The molecule has 3 heteroatoms. The van der Waals surface area contributed by atoms with E-state index in [1.54, 1.807) is 0 Å². The second-order valence-electron chi connectivity index (χ2n) is 18.6. The number of nitrogens with zero attached hydrogens (tertiary/aromatic N) is 3. The van der Waals surface area contributed by atoms with E-state index in [0.717, 1.165) is 28.4 Å². The molecule has 11 aromatic rings. The van der Waals surface area contributed by atoms with Crippen LogP contribution in [-0.4, -0.2) is 9.13 Å². The first-order chi connectivity index (χ1) is 30.8. The summed E-state index contributed by atoms with van der Waals surface area (Å²) in [5, 5.41) is 4.98. The molecule has 2 aliphatic carbocycles. The number of anilines is 3. The highest BCUT2D eigenvalue weighted by Crippen LogP contribution is 2.53. The van der Waals surface area contributed by atoms with Gasteiger partial charge in [0, 0.05) is 43.7 Å². The fourth-order valence-corrected chi connectivity index (χ4v) is 11.5. The molecule has 63 heavy (non-hydrogen) atoms. The Morgan fingerprint density at radius 3 is 1.03 bits per heavy atom. The molecule has 0 fully saturated rings. The van der Waals surface area contributed by atoms with Crippen molar-refractivity contribution in [2.24, 2.45) is 0 Å². The summed E-state index contributed by atoms with van der Waals surface area (Å²) in [4.78, 5) is 2.51. The Balaban J connectivity index is 1.14. The summed E-state index contributed by atoms with van der Waals surface area (Å²) in [6.45, 7) is 9.45. The lowest BCUT2D eigenvalue weighted by Gasteiger charge is -2.29. The van der Waals surface area contributed by atoms with Gasteiger partial charge < -0.3 is 14.0 Å². The molecule has 0 unspecified atom stereocenters. The molecule has 13 rings (SSSR count). The first-order valence-electron chi connectivity index (χ1n) is 22.2. The molecule has 9 aromatic carbocycles. The maximum absolute atomic E-state index is 2.51. The Morgan fingerprint density at radius 1 is 0.302 bits per heavy atom. The molecule has 0 saturated carbocycles. The monoisotopic (exact) mass is 807 g/mol. The molecule has 2 aliphatic rings. The largest absolute Gasteiger partial charge is 0.310 e. The van der Waals surface area contributed by atoms with E-state index in [2.05, 4.69) is 242 Å². The van der Waals surface area contributed by atoms with Crippen molar-refractivity contribution in [2.75, 3.05) is 4.90 Å². The van der Waals surface area contributed by atoms with Gasteiger partial charge in [0.05, 0.1) is 39.1 Å². The number of hydrogen-bond donors (Lipinski definition) is 0. The van der Waals surface area contributed by atoms with Crippen molar-refractivity contribution >= 4 is 60.7 Å². The van der Waals surface area contributed by atoms with E-state index in [1.165, 1.54) is 88.1 Å². The van der Waals surface area contributed by atoms with Crippen LogP contribution in [0.1, 0.15) is 49.9 Å². The molecular weight excluding hydrogens is 763 g/mol. The molecule has 0 N–H and O–H groups in total. The van der Waals surface area contributed by atoms with Crippen molar-refractivity contribution in [2.45, 2.75) is 38.5 Å². The molecule has 0 aliphatic heterocycles. The van der Waals surface area contributed by atoms with Crippen molar-refractivity contribution in [1.82, 2.24) is 9.13 Å². The molecule has 0 atom stereocenters. The van der Waals surface area contributed by atoms with Gasteiger partial charge in [-0.15, -0.1) is 0 Å². The van der Waals surface area contributed by atoms with Gasteiger partial charge in [-0.2, -0.15) is 0 Å². The zero-order valence-electron chi connectivity index (χ0n) is 35.9. The standard InChI is InChI=1S/C60H45N3/c1-59(2)51-23-11-5-17-43(51)49-36-38(29-31-53(49)59)61(39-30-32-54-50(37-39)44-18-6-12-24-52(44)60(54,3)4)40-33-41(62-55-25-13-7-19-45(55)46-20-8-14-26-56(46)62)35-42(34-40)63-57-27-15-9-21-47(57)48-22-10-16-28-58(48)63/h5-37H,1-4H3. The highest BCUT2D eigenvalue weighted by Gasteiger charge is 2.37. The molecule has 0 radical (unpaired) electrons. The zero-order valence-corrected chi connectivity index (χ0v) is 35.9. The van der Waals surface area contributed by atoms with Gasteiger partial charge in [-0.1, -0.05) is 161 Å². The van der Waals surface area contributed by atoms with Crippen LogP contribution in [0.15, 0.2) is 200 Å². The van der Waals surface area contributed by atoms with Gasteiger partial charge in [0.25, 0.3) is 0 Å². The summed E-state index contributed by atoms with van der Waals surface area (Å²) in [5.74, 6) is 0. The van der Waals surface area contributed by atoms with Gasteiger partial charge >= 0.3 is 0 Å². The number of hydrogen-bond acceptors (Lipinski definition) is 1. The SMILES string of the molecule is CC1(C)c2ccccc2-c2cc(N(c3cc(-n4c5ccccc5c5ccccc54)cc(-n4c5ccccc5c5ccccc54)c3)c3ccc4c(c3)-c3ccccc3C4(C)C)ccc21. The summed E-state index contributed by atoms with van der Waals surface area (Å²) in [6.07, 6.45) is 0. The number of aromatic nitrogens is 2. The third kappa shape index (κ3) is 5.02. The predicted molar refractivity (Wildman–Crippen MR) is 265 cm³/mol. The van der Waals surface area contributed by atoms with Gasteiger partial charge in [-0.05, 0) is 111 Å². The first-order valence-corrected chi connectivity index (χ1v) is 22.2. The molecule has 0 amide bonds.